The summed E-state index contributed by atoms with van der Waals surface area (Å²) in [4.78, 5) is 11.8. The lowest BCUT2D eigenvalue weighted by Gasteiger charge is -2.15. The molecule has 0 aliphatic heterocycles. The molecule has 0 radical (unpaired) electrons. The number of carbonyl (C=O) groups is 1. The topological polar surface area (TPSA) is 89.8 Å². The molecule has 1 aliphatic carbocycles. The molecule has 5 nitrogen and oxygen atoms in total. The van der Waals surface area contributed by atoms with Crippen LogP contribution in [0.2, 0.25) is 0 Å². The normalized spacial score (nSPS) is 22.9. The van der Waals surface area contributed by atoms with Gasteiger partial charge in [-0.25, -0.2) is 0 Å². The van der Waals surface area contributed by atoms with Crippen LogP contribution in [0.4, 0.5) is 0 Å². The van der Waals surface area contributed by atoms with Gasteiger partial charge in [0.15, 0.2) is 0 Å². The second-order valence-electron chi connectivity index (χ2n) is 4.71. The van der Waals surface area contributed by atoms with Crippen molar-refractivity contribution in [2.45, 2.75) is 25.4 Å². The van der Waals surface area contributed by atoms with Gasteiger partial charge in [0.2, 0.25) is 0 Å². The van der Waals surface area contributed by atoms with Crippen molar-refractivity contribution in [1.29, 1.82) is 0 Å². The van der Waals surface area contributed by atoms with E-state index in [4.69, 9.17) is 0 Å². The van der Waals surface area contributed by atoms with Crippen molar-refractivity contribution in [3.8, 4) is 11.5 Å². The van der Waals surface area contributed by atoms with E-state index in [1.54, 1.807) is 0 Å². The van der Waals surface area contributed by atoms with Gasteiger partial charge in [-0.05, 0) is 25.0 Å². The van der Waals surface area contributed by atoms with E-state index in [2.05, 4.69) is 5.32 Å². The predicted octanol–water partition coefficient (Wildman–Crippen LogP) is 0.989. The summed E-state index contributed by atoms with van der Waals surface area (Å²) in [6.07, 6.45) is 2.33. The number of aliphatic hydroxyl groups excluding tert-OH is 1. The Kier molecular flexibility index (Phi) is 3.72. The van der Waals surface area contributed by atoms with Crippen molar-refractivity contribution in [2.75, 3.05) is 6.54 Å². The van der Waals surface area contributed by atoms with Gasteiger partial charge in [-0.1, -0.05) is 6.42 Å². The second-order valence-corrected chi connectivity index (χ2v) is 4.71. The van der Waals surface area contributed by atoms with Crippen LogP contribution in [0.5, 0.6) is 11.5 Å². The minimum Gasteiger partial charge on any atom is -0.508 e. The van der Waals surface area contributed by atoms with Gasteiger partial charge in [0.25, 0.3) is 5.91 Å². The van der Waals surface area contributed by atoms with Crippen molar-refractivity contribution in [2.24, 2.45) is 5.92 Å². The molecule has 1 amide bonds. The molecule has 0 bridgehead atoms. The summed E-state index contributed by atoms with van der Waals surface area (Å²) in [6.45, 7) is 0.413. The summed E-state index contributed by atoms with van der Waals surface area (Å²) in [5, 5.41) is 30.9. The standard InChI is InChI=1S/C13H17NO4/c15-10-4-9(5-11(16)6-10)13(18)14-7-8-2-1-3-12(8)17/h4-6,8,12,15-17H,1-3,7H2,(H,14,18). The number of amides is 1. The van der Waals surface area contributed by atoms with Crippen LogP contribution in [0.25, 0.3) is 0 Å². The number of benzene rings is 1. The number of hydrogen-bond acceptors (Lipinski definition) is 4. The molecule has 2 atom stereocenters. The van der Waals surface area contributed by atoms with Crippen molar-refractivity contribution in [3.05, 3.63) is 23.8 Å². The maximum absolute atomic E-state index is 11.8. The average molecular weight is 251 g/mol. The molecule has 0 heterocycles. The number of nitrogens with one attached hydrogen (secondary N) is 1. The van der Waals surface area contributed by atoms with Crippen LogP contribution >= 0.6 is 0 Å². The Morgan fingerprint density at radius 3 is 2.44 bits per heavy atom. The Hall–Kier alpha value is -1.75. The first kappa shape index (κ1) is 12.7. The maximum Gasteiger partial charge on any atom is 0.251 e. The molecule has 18 heavy (non-hydrogen) atoms. The molecular formula is C13H17NO4. The minimum absolute atomic E-state index is 0.0971. The van der Waals surface area contributed by atoms with Crippen LogP contribution in [0.1, 0.15) is 29.6 Å². The van der Waals surface area contributed by atoms with Crippen LogP contribution in [-0.4, -0.2) is 33.9 Å². The lowest BCUT2D eigenvalue weighted by Crippen LogP contribution is -2.32. The molecule has 0 spiro atoms. The molecule has 5 heteroatoms. The molecule has 4 N–H and O–H groups in total. The summed E-state index contributed by atoms with van der Waals surface area (Å²) < 4.78 is 0. The molecule has 98 valence electrons. The van der Waals surface area contributed by atoms with Crippen molar-refractivity contribution in [3.63, 3.8) is 0 Å². The van der Waals surface area contributed by atoms with E-state index >= 15 is 0 Å². The van der Waals surface area contributed by atoms with E-state index in [9.17, 15) is 20.1 Å². The monoisotopic (exact) mass is 251 g/mol. The lowest BCUT2D eigenvalue weighted by atomic mass is 10.1. The van der Waals surface area contributed by atoms with Crippen LogP contribution in [0.15, 0.2) is 18.2 Å². The van der Waals surface area contributed by atoms with Crippen molar-refractivity contribution >= 4 is 5.91 Å². The third kappa shape index (κ3) is 2.92. The Labute approximate surface area is 105 Å². The van der Waals surface area contributed by atoms with Gasteiger partial charge in [0.05, 0.1) is 6.10 Å². The molecule has 1 saturated carbocycles. The van der Waals surface area contributed by atoms with Crippen molar-refractivity contribution in [1.82, 2.24) is 5.32 Å². The largest absolute Gasteiger partial charge is 0.508 e. The van der Waals surface area contributed by atoms with Gasteiger partial charge < -0.3 is 20.6 Å². The van der Waals surface area contributed by atoms with E-state index < -0.39 is 0 Å². The molecule has 0 aromatic heterocycles. The number of carbonyl (C=O) groups excluding carboxylic acids is 1. The number of aliphatic hydroxyl groups is 1. The molecule has 0 saturated heterocycles. The fourth-order valence-corrected chi connectivity index (χ4v) is 2.31. The zero-order chi connectivity index (χ0) is 13.1. The zero-order valence-electron chi connectivity index (χ0n) is 9.97. The van der Waals surface area contributed by atoms with Gasteiger partial charge in [-0.3, -0.25) is 4.79 Å². The Bertz CT molecular complexity index is 426. The fraction of sp³-hybridized carbons (Fsp3) is 0.462. The average Bonchev–Trinajstić information content (AvgIpc) is 2.70. The molecule has 1 fully saturated rings. The molecule has 2 unspecified atom stereocenters. The van der Waals surface area contributed by atoms with E-state index in [1.165, 1.54) is 12.1 Å². The second kappa shape index (κ2) is 5.27. The molecular weight excluding hydrogens is 234 g/mol. The summed E-state index contributed by atoms with van der Waals surface area (Å²) in [5.74, 6) is -0.567. The molecule has 1 aromatic rings. The molecule has 2 rings (SSSR count). The Balaban J connectivity index is 1.95. The number of rotatable bonds is 3. The molecule has 1 aliphatic rings. The van der Waals surface area contributed by atoms with Crippen LogP contribution in [-0.2, 0) is 0 Å². The fourth-order valence-electron chi connectivity index (χ4n) is 2.31. The maximum atomic E-state index is 11.8. The first-order chi connectivity index (χ1) is 8.56. The SMILES string of the molecule is O=C(NCC1CCCC1O)c1cc(O)cc(O)c1. The number of phenols is 2. The van der Waals surface area contributed by atoms with Gasteiger partial charge >= 0.3 is 0 Å². The minimum atomic E-state index is -0.361. The highest BCUT2D eigenvalue weighted by molar-refractivity contribution is 5.95. The Morgan fingerprint density at radius 1 is 1.22 bits per heavy atom. The number of hydrogen-bond donors (Lipinski definition) is 4. The van der Waals surface area contributed by atoms with E-state index in [0.717, 1.165) is 25.3 Å². The van der Waals surface area contributed by atoms with E-state index in [-0.39, 0.29) is 35.0 Å². The first-order valence-corrected chi connectivity index (χ1v) is 6.05. The lowest BCUT2D eigenvalue weighted by molar-refractivity contribution is 0.0916. The molecule has 1 aromatic carbocycles. The highest BCUT2D eigenvalue weighted by Crippen LogP contribution is 2.25. The van der Waals surface area contributed by atoms with Gasteiger partial charge in [0.1, 0.15) is 11.5 Å². The first-order valence-electron chi connectivity index (χ1n) is 6.05. The summed E-state index contributed by atoms with van der Waals surface area (Å²) >= 11 is 0. The van der Waals surface area contributed by atoms with Crippen LogP contribution < -0.4 is 5.32 Å². The highest BCUT2D eigenvalue weighted by Gasteiger charge is 2.25. The van der Waals surface area contributed by atoms with Gasteiger partial charge in [0, 0.05) is 24.1 Å². The number of phenolic OH excluding ortho intramolecular Hbond substituents is 2. The zero-order valence-corrected chi connectivity index (χ0v) is 9.97. The third-order valence-corrected chi connectivity index (χ3v) is 3.31. The smallest absolute Gasteiger partial charge is 0.251 e. The summed E-state index contributed by atoms with van der Waals surface area (Å²) in [7, 11) is 0. The summed E-state index contributed by atoms with van der Waals surface area (Å²) in [5.41, 5.74) is 0.208. The van der Waals surface area contributed by atoms with E-state index in [0.29, 0.717) is 6.54 Å². The Morgan fingerprint density at radius 2 is 1.89 bits per heavy atom. The number of aromatic hydroxyl groups is 2. The quantitative estimate of drug-likeness (QED) is 0.645. The third-order valence-electron chi connectivity index (χ3n) is 3.31. The van der Waals surface area contributed by atoms with E-state index in [1.807, 2.05) is 0 Å². The van der Waals surface area contributed by atoms with Crippen LogP contribution in [0, 0.1) is 5.92 Å². The van der Waals surface area contributed by atoms with Gasteiger partial charge in [-0.15, -0.1) is 0 Å². The summed E-state index contributed by atoms with van der Waals surface area (Å²) in [6, 6.07) is 3.75. The van der Waals surface area contributed by atoms with Gasteiger partial charge in [-0.2, -0.15) is 0 Å². The van der Waals surface area contributed by atoms with Crippen LogP contribution in [0.3, 0.4) is 0 Å². The van der Waals surface area contributed by atoms with Crippen molar-refractivity contribution < 1.29 is 20.1 Å². The predicted molar refractivity (Wildman–Crippen MR) is 65.5 cm³/mol. The highest BCUT2D eigenvalue weighted by atomic mass is 16.3.